The maximum absolute atomic E-state index is 13.3. The lowest BCUT2D eigenvalue weighted by atomic mass is 10.1. The van der Waals surface area contributed by atoms with E-state index in [1.807, 2.05) is 48.2 Å². The fourth-order valence-corrected chi connectivity index (χ4v) is 4.04. The van der Waals surface area contributed by atoms with E-state index >= 15 is 0 Å². The van der Waals surface area contributed by atoms with Crippen LogP contribution >= 0.6 is 11.8 Å². The van der Waals surface area contributed by atoms with Gasteiger partial charge in [0, 0.05) is 21.4 Å². The molecule has 0 saturated heterocycles. The molecule has 1 N–H and O–H groups in total. The highest BCUT2D eigenvalue weighted by atomic mass is 32.2. The molecule has 0 radical (unpaired) electrons. The van der Waals surface area contributed by atoms with Gasteiger partial charge in [0.1, 0.15) is 5.75 Å². The van der Waals surface area contributed by atoms with Gasteiger partial charge in [-0.1, -0.05) is 23.9 Å². The summed E-state index contributed by atoms with van der Waals surface area (Å²) in [5.41, 5.74) is 1.65. The van der Waals surface area contributed by atoms with Gasteiger partial charge in [-0.2, -0.15) is 0 Å². The first kappa shape index (κ1) is 17.8. The molecule has 0 spiro atoms. The monoisotopic (exact) mass is 356 g/mol. The van der Waals surface area contributed by atoms with Crippen molar-refractivity contribution in [1.29, 1.82) is 0 Å². The summed E-state index contributed by atoms with van der Waals surface area (Å²) in [5, 5.41) is 3.38. The summed E-state index contributed by atoms with van der Waals surface area (Å²) in [4.78, 5) is 17.3. The Kier molecular flexibility index (Phi) is 4.80. The van der Waals surface area contributed by atoms with E-state index in [9.17, 15) is 4.79 Å². The van der Waals surface area contributed by atoms with E-state index in [-0.39, 0.29) is 17.5 Å². The molecular weight excluding hydrogens is 332 g/mol. The van der Waals surface area contributed by atoms with Crippen LogP contribution in [0.4, 0.5) is 11.4 Å². The van der Waals surface area contributed by atoms with Gasteiger partial charge in [0.25, 0.3) is 0 Å². The van der Waals surface area contributed by atoms with Gasteiger partial charge in [-0.3, -0.25) is 9.69 Å². The molecule has 0 fully saturated rings. The minimum absolute atomic E-state index is 0.0252. The second-order valence-electron chi connectivity index (χ2n) is 7.19. The van der Waals surface area contributed by atoms with Crippen molar-refractivity contribution in [2.75, 3.05) is 12.0 Å². The summed E-state index contributed by atoms with van der Waals surface area (Å²) in [6, 6.07) is 13.6. The van der Waals surface area contributed by atoms with Crippen molar-refractivity contribution < 1.29 is 9.53 Å². The molecule has 132 valence electrons. The summed E-state index contributed by atoms with van der Waals surface area (Å²) >= 11 is 1.68. The van der Waals surface area contributed by atoms with Crippen LogP contribution in [0.2, 0.25) is 0 Å². The smallest absolute Gasteiger partial charge is 0.248 e. The molecule has 0 saturated carbocycles. The van der Waals surface area contributed by atoms with Crippen LogP contribution in [0.25, 0.3) is 0 Å². The molecule has 1 heterocycles. The number of rotatable bonds is 3. The predicted octanol–water partition coefficient (Wildman–Crippen LogP) is 4.60. The number of anilines is 2. The summed E-state index contributed by atoms with van der Waals surface area (Å²) in [7, 11) is 1.64. The van der Waals surface area contributed by atoms with Gasteiger partial charge in [0.15, 0.2) is 0 Å². The minimum atomic E-state index is -0.310. The van der Waals surface area contributed by atoms with E-state index in [0.29, 0.717) is 0 Å². The van der Waals surface area contributed by atoms with Crippen LogP contribution in [-0.2, 0) is 4.79 Å². The van der Waals surface area contributed by atoms with Crippen LogP contribution in [0.1, 0.15) is 27.7 Å². The second kappa shape index (κ2) is 6.73. The number of hydrogen-bond acceptors (Lipinski definition) is 4. The van der Waals surface area contributed by atoms with E-state index in [2.05, 4.69) is 32.2 Å². The first-order valence-corrected chi connectivity index (χ1v) is 9.18. The number of methoxy groups -OCH3 is 1. The molecule has 4 nitrogen and oxygen atoms in total. The number of fused-ring (bicyclic) bond motifs is 2. The normalized spacial score (nSPS) is 14.5. The zero-order valence-corrected chi connectivity index (χ0v) is 16.1. The molecule has 0 aliphatic carbocycles. The van der Waals surface area contributed by atoms with Crippen LogP contribution in [0, 0.1) is 0 Å². The molecule has 25 heavy (non-hydrogen) atoms. The lowest BCUT2D eigenvalue weighted by molar-refractivity contribution is -0.120. The minimum Gasteiger partial charge on any atom is -0.497 e. The first-order chi connectivity index (χ1) is 11.8. The standard InChI is InChI=1S/C20H24N2O2S/c1-13(21-20(2,3)4)19(23)22-15-8-6-7-9-17(15)25-18-11-10-14(24-5)12-16(18)22/h6-13,21H,1-5H3. The molecule has 2 aromatic carbocycles. The fourth-order valence-electron chi connectivity index (χ4n) is 3.00. The SMILES string of the molecule is COc1ccc2c(c1)N(C(=O)C(C)NC(C)(C)C)c1ccccc1S2. The number of carbonyl (C=O) groups excluding carboxylic acids is 1. The molecule has 1 aliphatic heterocycles. The van der Waals surface area contributed by atoms with Gasteiger partial charge in [-0.25, -0.2) is 0 Å². The summed E-state index contributed by atoms with van der Waals surface area (Å²) in [5.74, 6) is 0.769. The molecule has 1 aliphatic rings. The van der Waals surface area contributed by atoms with Crippen molar-refractivity contribution in [1.82, 2.24) is 5.32 Å². The highest BCUT2D eigenvalue weighted by Crippen LogP contribution is 2.49. The maximum atomic E-state index is 13.3. The topological polar surface area (TPSA) is 41.6 Å². The Hall–Kier alpha value is -1.98. The van der Waals surface area contributed by atoms with Crippen LogP contribution in [0.3, 0.4) is 0 Å². The molecule has 5 heteroatoms. The van der Waals surface area contributed by atoms with Crippen molar-refractivity contribution in [2.24, 2.45) is 0 Å². The number of nitrogens with one attached hydrogen (secondary N) is 1. The van der Waals surface area contributed by atoms with E-state index < -0.39 is 0 Å². The molecular formula is C20H24N2O2S. The number of benzene rings is 2. The number of ether oxygens (including phenoxy) is 1. The van der Waals surface area contributed by atoms with E-state index in [1.165, 1.54) is 0 Å². The lowest BCUT2D eigenvalue weighted by Gasteiger charge is -2.35. The van der Waals surface area contributed by atoms with Gasteiger partial charge in [-0.05, 0) is 52.0 Å². The van der Waals surface area contributed by atoms with Gasteiger partial charge in [0.2, 0.25) is 5.91 Å². The van der Waals surface area contributed by atoms with Crippen molar-refractivity contribution in [3.8, 4) is 5.75 Å². The fraction of sp³-hybridized carbons (Fsp3) is 0.350. The zero-order valence-electron chi connectivity index (χ0n) is 15.3. The van der Waals surface area contributed by atoms with Crippen molar-refractivity contribution in [3.05, 3.63) is 42.5 Å². The van der Waals surface area contributed by atoms with Gasteiger partial charge in [0.05, 0.1) is 24.5 Å². The molecule has 0 bridgehead atoms. The van der Waals surface area contributed by atoms with Crippen LogP contribution in [0.5, 0.6) is 5.75 Å². The number of nitrogens with zero attached hydrogens (tertiary/aromatic N) is 1. The highest BCUT2D eigenvalue weighted by molar-refractivity contribution is 7.99. The van der Waals surface area contributed by atoms with Crippen LogP contribution < -0.4 is 15.0 Å². The predicted molar refractivity (Wildman–Crippen MR) is 103 cm³/mol. The Labute approximate surface area is 153 Å². The molecule has 1 atom stereocenters. The molecule has 0 aromatic heterocycles. The van der Waals surface area contributed by atoms with Crippen molar-refractivity contribution in [3.63, 3.8) is 0 Å². The Morgan fingerprint density at radius 3 is 2.48 bits per heavy atom. The van der Waals surface area contributed by atoms with Gasteiger partial charge < -0.3 is 10.1 Å². The van der Waals surface area contributed by atoms with E-state index in [4.69, 9.17) is 4.74 Å². The number of hydrogen-bond donors (Lipinski definition) is 1. The number of para-hydroxylation sites is 1. The molecule has 1 unspecified atom stereocenters. The maximum Gasteiger partial charge on any atom is 0.248 e. The van der Waals surface area contributed by atoms with E-state index in [0.717, 1.165) is 26.9 Å². The van der Waals surface area contributed by atoms with Gasteiger partial charge in [-0.15, -0.1) is 0 Å². The van der Waals surface area contributed by atoms with Crippen molar-refractivity contribution in [2.45, 2.75) is 49.1 Å². The lowest BCUT2D eigenvalue weighted by Crippen LogP contribution is -2.50. The Morgan fingerprint density at radius 2 is 1.80 bits per heavy atom. The summed E-state index contributed by atoms with van der Waals surface area (Å²) in [6.07, 6.45) is 0. The zero-order chi connectivity index (χ0) is 18.2. The average Bonchev–Trinajstić information content (AvgIpc) is 2.57. The quantitative estimate of drug-likeness (QED) is 0.872. The Bertz CT molecular complexity index is 799. The van der Waals surface area contributed by atoms with Crippen molar-refractivity contribution >= 4 is 29.0 Å². The summed E-state index contributed by atoms with van der Waals surface area (Å²) < 4.78 is 5.37. The Morgan fingerprint density at radius 1 is 1.12 bits per heavy atom. The molecule has 2 aromatic rings. The van der Waals surface area contributed by atoms with Crippen LogP contribution in [-0.4, -0.2) is 24.6 Å². The molecule has 1 amide bonds. The number of carbonyl (C=O) groups is 1. The third kappa shape index (κ3) is 3.67. The Balaban J connectivity index is 2.07. The third-order valence-corrected chi connectivity index (χ3v) is 5.10. The highest BCUT2D eigenvalue weighted by Gasteiger charge is 2.32. The van der Waals surface area contributed by atoms with Crippen LogP contribution in [0.15, 0.2) is 52.3 Å². The average molecular weight is 356 g/mol. The largest absolute Gasteiger partial charge is 0.497 e. The third-order valence-electron chi connectivity index (χ3n) is 3.97. The summed E-state index contributed by atoms with van der Waals surface area (Å²) in [6.45, 7) is 8.10. The van der Waals surface area contributed by atoms with E-state index in [1.54, 1.807) is 18.9 Å². The first-order valence-electron chi connectivity index (χ1n) is 8.37. The van der Waals surface area contributed by atoms with Gasteiger partial charge >= 0.3 is 0 Å². The number of amides is 1. The second-order valence-corrected chi connectivity index (χ2v) is 8.28. The molecule has 3 rings (SSSR count).